The Morgan fingerprint density at radius 2 is 2.05 bits per heavy atom. The number of hydrogen-bond donors (Lipinski definition) is 0. The minimum Gasteiger partial charge on any atom is -0.488 e. The monoisotopic (exact) mass is 389 g/mol. The van der Waals surface area contributed by atoms with Crippen molar-refractivity contribution in [1.82, 2.24) is 0 Å². The molecule has 0 N–H and O–H groups in total. The largest absolute Gasteiger partial charge is 0.488 e. The number of nitro benzene ring substituents is 1. The molecule has 0 atom stereocenters. The van der Waals surface area contributed by atoms with Gasteiger partial charge in [0.25, 0.3) is 5.69 Å². The van der Waals surface area contributed by atoms with Crippen LogP contribution < -0.4 is 4.74 Å². The van der Waals surface area contributed by atoms with Crippen LogP contribution in [0.4, 0.5) is 5.69 Å². The van der Waals surface area contributed by atoms with Gasteiger partial charge in [-0.25, -0.2) is 0 Å². The van der Waals surface area contributed by atoms with Crippen molar-refractivity contribution < 1.29 is 9.66 Å². The standard InChI is InChI=1S/C14H10BrCl2NO3/c15-10-5-4-9(13(6-10)18(19)20)8-21-14-3-1-2-12(17)11(14)7-16/h1-6H,7-8H2. The first-order chi connectivity index (χ1) is 10.0. The maximum Gasteiger partial charge on any atom is 0.277 e. The fraction of sp³-hybridized carbons (Fsp3) is 0.143. The topological polar surface area (TPSA) is 52.4 Å². The lowest BCUT2D eigenvalue weighted by molar-refractivity contribution is -0.385. The number of alkyl halides is 1. The second-order valence-corrected chi connectivity index (χ2v) is 5.76. The fourth-order valence-corrected chi connectivity index (χ4v) is 2.71. The molecule has 4 nitrogen and oxygen atoms in total. The zero-order chi connectivity index (χ0) is 15.4. The van der Waals surface area contributed by atoms with E-state index in [0.717, 1.165) is 0 Å². The molecule has 21 heavy (non-hydrogen) atoms. The molecule has 0 aliphatic carbocycles. The van der Waals surface area contributed by atoms with E-state index >= 15 is 0 Å². The summed E-state index contributed by atoms with van der Waals surface area (Å²) in [5.74, 6) is 0.729. The van der Waals surface area contributed by atoms with Crippen LogP contribution in [0.15, 0.2) is 40.9 Å². The molecule has 0 aliphatic rings. The van der Waals surface area contributed by atoms with Gasteiger partial charge >= 0.3 is 0 Å². The Balaban J connectivity index is 2.25. The number of hydrogen-bond acceptors (Lipinski definition) is 3. The van der Waals surface area contributed by atoms with Gasteiger partial charge in [0, 0.05) is 21.1 Å². The Labute approximate surface area is 139 Å². The van der Waals surface area contributed by atoms with E-state index in [4.69, 9.17) is 27.9 Å². The Bertz CT molecular complexity index is 679. The molecule has 7 heteroatoms. The predicted octanol–water partition coefficient (Wildman–Crippen LogP) is 5.33. The van der Waals surface area contributed by atoms with Crippen LogP contribution in [0.5, 0.6) is 5.75 Å². The van der Waals surface area contributed by atoms with Crippen LogP contribution in [0.1, 0.15) is 11.1 Å². The summed E-state index contributed by atoms with van der Waals surface area (Å²) in [7, 11) is 0. The number of halogens is 3. The van der Waals surface area contributed by atoms with Crippen LogP contribution in [0, 0.1) is 10.1 Å². The number of nitro groups is 1. The zero-order valence-corrected chi connectivity index (χ0v) is 13.8. The van der Waals surface area contributed by atoms with Crippen LogP contribution >= 0.6 is 39.1 Å². The van der Waals surface area contributed by atoms with Crippen molar-refractivity contribution in [1.29, 1.82) is 0 Å². The lowest BCUT2D eigenvalue weighted by atomic mass is 10.2. The third-order valence-electron chi connectivity index (χ3n) is 2.84. The maximum atomic E-state index is 11.0. The van der Waals surface area contributed by atoms with Gasteiger partial charge < -0.3 is 4.74 Å². The van der Waals surface area contributed by atoms with Crippen molar-refractivity contribution in [3.8, 4) is 5.75 Å². The first-order valence-electron chi connectivity index (χ1n) is 5.92. The molecule has 0 fully saturated rings. The van der Waals surface area contributed by atoms with E-state index in [1.165, 1.54) is 6.07 Å². The molecule has 2 aromatic rings. The number of rotatable bonds is 5. The summed E-state index contributed by atoms with van der Waals surface area (Å²) in [6, 6.07) is 10.0. The van der Waals surface area contributed by atoms with Gasteiger partial charge in [-0.1, -0.05) is 33.6 Å². The summed E-state index contributed by atoms with van der Waals surface area (Å²) in [4.78, 5) is 10.6. The Kier molecular flexibility index (Phi) is 5.45. The maximum absolute atomic E-state index is 11.0. The number of benzene rings is 2. The molecule has 2 aromatic carbocycles. The Morgan fingerprint density at radius 3 is 2.71 bits per heavy atom. The Hall–Kier alpha value is -1.30. The highest BCUT2D eigenvalue weighted by Crippen LogP contribution is 2.30. The summed E-state index contributed by atoms with van der Waals surface area (Å²) >= 11 is 15.1. The van der Waals surface area contributed by atoms with Crippen molar-refractivity contribution in [3.05, 3.63) is 67.1 Å². The van der Waals surface area contributed by atoms with Crippen molar-refractivity contribution in [2.45, 2.75) is 12.5 Å². The molecule has 0 spiro atoms. The smallest absolute Gasteiger partial charge is 0.277 e. The van der Waals surface area contributed by atoms with E-state index in [-0.39, 0.29) is 18.2 Å². The van der Waals surface area contributed by atoms with Crippen molar-refractivity contribution >= 4 is 44.8 Å². The molecule has 0 aliphatic heterocycles. The van der Waals surface area contributed by atoms with Crippen molar-refractivity contribution in [2.24, 2.45) is 0 Å². The van der Waals surface area contributed by atoms with E-state index in [1.54, 1.807) is 30.3 Å². The summed E-state index contributed by atoms with van der Waals surface area (Å²) in [6.07, 6.45) is 0. The third-order valence-corrected chi connectivity index (χ3v) is 3.95. The summed E-state index contributed by atoms with van der Waals surface area (Å²) in [5.41, 5.74) is 1.14. The summed E-state index contributed by atoms with van der Waals surface area (Å²) in [5, 5.41) is 11.6. The van der Waals surface area contributed by atoms with Crippen LogP contribution in [-0.2, 0) is 12.5 Å². The van der Waals surface area contributed by atoms with Gasteiger partial charge in [-0.3, -0.25) is 10.1 Å². The van der Waals surface area contributed by atoms with Crippen LogP contribution in [0.2, 0.25) is 5.02 Å². The van der Waals surface area contributed by atoms with Crippen molar-refractivity contribution in [2.75, 3.05) is 0 Å². The van der Waals surface area contributed by atoms with Crippen LogP contribution in [0.25, 0.3) is 0 Å². The lowest BCUT2D eigenvalue weighted by Gasteiger charge is -2.11. The fourth-order valence-electron chi connectivity index (χ4n) is 1.79. The van der Waals surface area contributed by atoms with E-state index in [2.05, 4.69) is 15.9 Å². The molecule has 0 saturated heterocycles. The SMILES string of the molecule is O=[N+]([O-])c1cc(Br)ccc1COc1cccc(Cl)c1CCl. The molecular weight excluding hydrogens is 381 g/mol. The van der Waals surface area contributed by atoms with Crippen LogP contribution in [0.3, 0.4) is 0 Å². The molecule has 0 unspecified atom stereocenters. The second-order valence-electron chi connectivity index (χ2n) is 4.17. The lowest BCUT2D eigenvalue weighted by Crippen LogP contribution is -2.02. The highest BCUT2D eigenvalue weighted by Gasteiger charge is 2.15. The van der Waals surface area contributed by atoms with E-state index in [0.29, 0.717) is 26.4 Å². The molecular formula is C14H10BrCl2NO3. The molecule has 0 heterocycles. The van der Waals surface area contributed by atoms with E-state index < -0.39 is 4.92 Å². The van der Waals surface area contributed by atoms with Gasteiger partial charge in [-0.05, 0) is 24.3 Å². The predicted molar refractivity (Wildman–Crippen MR) is 86.1 cm³/mol. The van der Waals surface area contributed by atoms with Gasteiger partial charge in [0.15, 0.2) is 0 Å². The highest BCUT2D eigenvalue weighted by molar-refractivity contribution is 9.10. The first-order valence-corrected chi connectivity index (χ1v) is 7.62. The molecule has 0 aromatic heterocycles. The summed E-state index contributed by atoms with van der Waals surface area (Å²) in [6.45, 7) is 0.0633. The second kappa shape index (κ2) is 7.11. The van der Waals surface area contributed by atoms with E-state index in [1.807, 2.05) is 0 Å². The summed E-state index contributed by atoms with van der Waals surface area (Å²) < 4.78 is 6.28. The minimum atomic E-state index is -0.441. The number of nitrogens with zero attached hydrogens (tertiary/aromatic N) is 1. The van der Waals surface area contributed by atoms with E-state index in [9.17, 15) is 10.1 Å². The average molecular weight is 391 g/mol. The molecule has 110 valence electrons. The molecule has 0 bridgehead atoms. The Morgan fingerprint density at radius 1 is 1.29 bits per heavy atom. The average Bonchev–Trinajstić information content (AvgIpc) is 2.45. The minimum absolute atomic E-state index is 0.00109. The van der Waals surface area contributed by atoms with Gasteiger partial charge in [0.2, 0.25) is 0 Å². The molecule has 0 saturated carbocycles. The van der Waals surface area contributed by atoms with Gasteiger partial charge in [-0.2, -0.15) is 0 Å². The van der Waals surface area contributed by atoms with Crippen LogP contribution in [-0.4, -0.2) is 4.92 Å². The first kappa shape index (κ1) is 16.1. The quantitative estimate of drug-likeness (QED) is 0.394. The number of ether oxygens (including phenoxy) is 1. The van der Waals surface area contributed by atoms with Crippen molar-refractivity contribution in [3.63, 3.8) is 0 Å². The van der Waals surface area contributed by atoms with Gasteiger partial charge in [-0.15, -0.1) is 11.6 Å². The molecule has 0 radical (unpaired) electrons. The van der Waals surface area contributed by atoms with Gasteiger partial charge in [0.1, 0.15) is 12.4 Å². The highest BCUT2D eigenvalue weighted by atomic mass is 79.9. The molecule has 0 amide bonds. The van der Waals surface area contributed by atoms with Gasteiger partial charge in [0.05, 0.1) is 16.4 Å². The third kappa shape index (κ3) is 3.87. The normalized spacial score (nSPS) is 10.4. The zero-order valence-electron chi connectivity index (χ0n) is 10.7. The molecule has 2 rings (SSSR count).